The lowest BCUT2D eigenvalue weighted by Gasteiger charge is -2.33. The zero-order valence-corrected chi connectivity index (χ0v) is 14.3. The van der Waals surface area contributed by atoms with Crippen LogP contribution in [0.15, 0.2) is 47.4 Å². The molecule has 1 aliphatic rings. The van der Waals surface area contributed by atoms with E-state index in [1.165, 1.54) is 10.5 Å². The van der Waals surface area contributed by atoms with Gasteiger partial charge in [0, 0.05) is 19.3 Å². The highest BCUT2D eigenvalue weighted by molar-refractivity contribution is 5.76. The van der Waals surface area contributed by atoms with Gasteiger partial charge in [-0.3, -0.25) is 9.59 Å². The van der Waals surface area contributed by atoms with Crippen LogP contribution in [0.4, 0.5) is 13.2 Å². The number of aromatic nitrogens is 1. The van der Waals surface area contributed by atoms with Gasteiger partial charge in [0.25, 0.3) is 5.56 Å². The minimum atomic E-state index is -4.56. The Morgan fingerprint density at radius 2 is 1.96 bits per heavy atom. The number of aryl methyl sites for hydroxylation is 1. The van der Waals surface area contributed by atoms with Crippen LogP contribution < -0.4 is 5.56 Å². The lowest BCUT2D eigenvalue weighted by Crippen LogP contribution is -2.37. The molecule has 0 radical (unpaired) electrons. The summed E-state index contributed by atoms with van der Waals surface area (Å²) in [6.45, 7) is -0.419. The minimum Gasteiger partial charge on any atom is -0.337 e. The zero-order chi connectivity index (χ0) is 18.9. The molecule has 2 aromatic rings. The van der Waals surface area contributed by atoms with Crippen molar-refractivity contribution in [1.29, 1.82) is 0 Å². The van der Waals surface area contributed by atoms with Crippen molar-refractivity contribution >= 4 is 5.91 Å². The number of likely N-dealkylation sites (N-methyl/N-ethyl adjacent to an activating group) is 1. The van der Waals surface area contributed by atoms with Crippen molar-refractivity contribution in [3.05, 3.63) is 69.6 Å². The average Bonchev–Trinajstić information content (AvgIpc) is 2.61. The van der Waals surface area contributed by atoms with Crippen molar-refractivity contribution in [3.8, 4) is 0 Å². The molecule has 4 nitrogen and oxygen atoms in total. The first-order valence-electron chi connectivity index (χ1n) is 8.38. The predicted molar refractivity (Wildman–Crippen MR) is 90.6 cm³/mol. The third-order valence-corrected chi connectivity index (χ3v) is 4.82. The van der Waals surface area contributed by atoms with Gasteiger partial charge < -0.3 is 9.47 Å². The summed E-state index contributed by atoms with van der Waals surface area (Å²) in [6, 6.07) is 9.29. The van der Waals surface area contributed by atoms with Gasteiger partial charge in [-0.2, -0.15) is 13.2 Å². The fourth-order valence-corrected chi connectivity index (χ4v) is 3.38. The number of fused-ring (bicyclic) bond motifs is 1. The van der Waals surface area contributed by atoms with Crippen LogP contribution in [0.1, 0.15) is 35.6 Å². The molecule has 0 saturated heterocycles. The van der Waals surface area contributed by atoms with Gasteiger partial charge in [-0.1, -0.05) is 24.3 Å². The molecule has 0 saturated carbocycles. The molecule has 1 heterocycles. The number of carbonyl (C=O) groups is 1. The van der Waals surface area contributed by atoms with Gasteiger partial charge in [0.15, 0.2) is 0 Å². The third kappa shape index (κ3) is 3.66. The summed E-state index contributed by atoms with van der Waals surface area (Å²) in [5.74, 6) is -0.395. The molecule has 1 unspecified atom stereocenters. The summed E-state index contributed by atoms with van der Waals surface area (Å²) in [5, 5.41) is 0. The first-order valence-corrected chi connectivity index (χ1v) is 8.38. The third-order valence-electron chi connectivity index (χ3n) is 4.82. The second-order valence-corrected chi connectivity index (χ2v) is 6.49. The number of amides is 1. The van der Waals surface area contributed by atoms with E-state index in [9.17, 15) is 22.8 Å². The average molecular weight is 364 g/mol. The number of alkyl halides is 3. The van der Waals surface area contributed by atoms with Crippen LogP contribution in [0.3, 0.4) is 0 Å². The number of halogens is 3. The summed E-state index contributed by atoms with van der Waals surface area (Å²) in [5.41, 5.74) is 0.657. The molecule has 0 fully saturated rings. The van der Waals surface area contributed by atoms with E-state index in [1.807, 2.05) is 24.3 Å². The highest BCUT2D eigenvalue weighted by Crippen LogP contribution is 2.33. The van der Waals surface area contributed by atoms with E-state index in [2.05, 4.69) is 0 Å². The van der Waals surface area contributed by atoms with Crippen LogP contribution >= 0.6 is 0 Å². The van der Waals surface area contributed by atoms with E-state index in [0.717, 1.165) is 41.5 Å². The predicted octanol–water partition coefficient (Wildman–Crippen LogP) is 3.40. The van der Waals surface area contributed by atoms with Crippen LogP contribution in [0.2, 0.25) is 0 Å². The second kappa shape index (κ2) is 6.97. The zero-order valence-electron chi connectivity index (χ0n) is 14.3. The Labute approximate surface area is 148 Å². The van der Waals surface area contributed by atoms with Crippen molar-refractivity contribution in [2.75, 3.05) is 7.05 Å². The number of nitrogens with zero attached hydrogens (tertiary/aromatic N) is 2. The van der Waals surface area contributed by atoms with Gasteiger partial charge in [-0.25, -0.2) is 0 Å². The van der Waals surface area contributed by atoms with Gasteiger partial charge in [-0.15, -0.1) is 0 Å². The van der Waals surface area contributed by atoms with Gasteiger partial charge in [0.05, 0.1) is 11.6 Å². The molecule has 0 bridgehead atoms. The van der Waals surface area contributed by atoms with Crippen LogP contribution in [-0.4, -0.2) is 22.4 Å². The Morgan fingerprint density at radius 1 is 1.23 bits per heavy atom. The quantitative estimate of drug-likeness (QED) is 0.838. The Kier molecular flexibility index (Phi) is 4.89. The molecule has 26 heavy (non-hydrogen) atoms. The maximum atomic E-state index is 12.8. The van der Waals surface area contributed by atoms with E-state index in [-0.39, 0.29) is 6.04 Å². The molecule has 1 aliphatic carbocycles. The smallest absolute Gasteiger partial charge is 0.337 e. The molecule has 7 heteroatoms. The van der Waals surface area contributed by atoms with E-state index in [0.29, 0.717) is 6.20 Å². The SMILES string of the molecule is CN(C(=O)Cn1cc(C(F)(F)F)ccc1=O)C1CCCc2ccccc21. The van der Waals surface area contributed by atoms with Gasteiger partial charge in [-0.05, 0) is 36.5 Å². The number of pyridine rings is 1. The normalized spacial score (nSPS) is 16.8. The molecule has 1 aromatic carbocycles. The van der Waals surface area contributed by atoms with Crippen molar-refractivity contribution in [1.82, 2.24) is 9.47 Å². The first kappa shape index (κ1) is 18.2. The van der Waals surface area contributed by atoms with Crippen LogP contribution in [0, 0.1) is 0 Å². The topological polar surface area (TPSA) is 42.3 Å². The monoisotopic (exact) mass is 364 g/mol. The van der Waals surface area contributed by atoms with E-state index in [1.54, 1.807) is 7.05 Å². The Morgan fingerprint density at radius 3 is 2.69 bits per heavy atom. The van der Waals surface area contributed by atoms with E-state index < -0.39 is 29.8 Å². The highest BCUT2D eigenvalue weighted by atomic mass is 19.4. The Hall–Kier alpha value is -2.57. The lowest BCUT2D eigenvalue weighted by atomic mass is 9.87. The summed E-state index contributed by atoms with van der Waals surface area (Å²) >= 11 is 0. The minimum absolute atomic E-state index is 0.131. The number of benzene rings is 1. The van der Waals surface area contributed by atoms with Gasteiger partial charge in [0.2, 0.25) is 5.91 Å². The molecule has 0 N–H and O–H groups in total. The second-order valence-electron chi connectivity index (χ2n) is 6.49. The standard InChI is InChI=1S/C19H19F3N2O2/c1-23(16-8-4-6-13-5-2-3-7-15(13)16)18(26)12-24-11-14(19(20,21)22)9-10-17(24)25/h2-3,5,7,9-11,16H,4,6,8,12H2,1H3. The molecule has 1 atom stereocenters. The number of carbonyl (C=O) groups excluding carboxylic acids is 1. The molecule has 3 rings (SSSR count). The van der Waals surface area contributed by atoms with Gasteiger partial charge in [0.1, 0.15) is 6.54 Å². The Balaban J connectivity index is 1.82. The van der Waals surface area contributed by atoms with Crippen molar-refractivity contribution in [3.63, 3.8) is 0 Å². The molecular weight excluding hydrogens is 345 g/mol. The van der Waals surface area contributed by atoms with E-state index >= 15 is 0 Å². The first-order chi connectivity index (χ1) is 12.3. The van der Waals surface area contributed by atoms with Crippen LogP contribution in [0.5, 0.6) is 0 Å². The lowest BCUT2D eigenvalue weighted by molar-refractivity contribution is -0.139. The fourth-order valence-electron chi connectivity index (χ4n) is 3.38. The van der Waals surface area contributed by atoms with E-state index in [4.69, 9.17) is 0 Å². The largest absolute Gasteiger partial charge is 0.417 e. The number of hydrogen-bond donors (Lipinski definition) is 0. The maximum absolute atomic E-state index is 12.8. The number of rotatable bonds is 3. The summed E-state index contributed by atoms with van der Waals surface area (Å²) in [4.78, 5) is 26.0. The highest BCUT2D eigenvalue weighted by Gasteiger charge is 2.32. The molecule has 0 spiro atoms. The summed E-state index contributed by atoms with van der Waals surface area (Å²) in [7, 11) is 1.63. The Bertz CT molecular complexity index is 874. The number of hydrogen-bond acceptors (Lipinski definition) is 2. The summed E-state index contributed by atoms with van der Waals surface area (Å²) < 4.78 is 39.3. The molecule has 138 valence electrons. The molecule has 1 aromatic heterocycles. The fraction of sp³-hybridized carbons (Fsp3) is 0.368. The molecular formula is C19H19F3N2O2. The summed E-state index contributed by atoms with van der Waals surface area (Å²) in [6.07, 6.45) is -1.20. The molecule has 0 aliphatic heterocycles. The van der Waals surface area contributed by atoms with Crippen molar-refractivity contribution in [2.45, 2.75) is 38.0 Å². The van der Waals surface area contributed by atoms with Crippen molar-refractivity contribution < 1.29 is 18.0 Å². The van der Waals surface area contributed by atoms with Gasteiger partial charge >= 0.3 is 6.18 Å². The molecule has 1 amide bonds. The van der Waals surface area contributed by atoms with Crippen LogP contribution in [-0.2, 0) is 23.9 Å². The van der Waals surface area contributed by atoms with Crippen LogP contribution in [0.25, 0.3) is 0 Å². The van der Waals surface area contributed by atoms with Crippen molar-refractivity contribution in [2.24, 2.45) is 0 Å². The maximum Gasteiger partial charge on any atom is 0.417 e.